The van der Waals surface area contributed by atoms with Crippen molar-refractivity contribution in [1.82, 2.24) is 0 Å². The predicted octanol–water partition coefficient (Wildman–Crippen LogP) is 2.65. The third-order valence-electron chi connectivity index (χ3n) is 4.27. The predicted molar refractivity (Wildman–Crippen MR) is 75.6 cm³/mol. The Kier molecular flexibility index (Phi) is 4.16. The maximum Gasteiger partial charge on any atom is 0.340 e. The first-order valence-electron chi connectivity index (χ1n) is 7.07. The number of fused-ring (bicyclic) bond motifs is 1. The van der Waals surface area contributed by atoms with E-state index in [1.807, 2.05) is 24.3 Å². The molecule has 0 heterocycles. The van der Waals surface area contributed by atoms with Gasteiger partial charge in [0.15, 0.2) is 5.60 Å². The number of aliphatic carboxylic acids is 1. The average molecular weight is 278 g/mol. The molecule has 2 rings (SSSR count). The molecule has 110 valence electrons. The Balaban J connectivity index is 2.49. The summed E-state index contributed by atoms with van der Waals surface area (Å²) >= 11 is 0. The molecule has 0 radical (unpaired) electrons. The Morgan fingerprint density at radius 3 is 2.65 bits per heavy atom. The number of ether oxygens (including phenoxy) is 1. The van der Waals surface area contributed by atoms with Gasteiger partial charge in [-0.3, -0.25) is 0 Å². The Hall–Kier alpha value is -1.39. The summed E-state index contributed by atoms with van der Waals surface area (Å²) in [6.45, 7) is 5.41. The van der Waals surface area contributed by atoms with Crippen molar-refractivity contribution < 1.29 is 19.7 Å². The molecular weight excluding hydrogens is 256 g/mol. The van der Waals surface area contributed by atoms with E-state index >= 15 is 0 Å². The molecule has 0 aliphatic heterocycles. The monoisotopic (exact) mass is 278 g/mol. The second-order valence-electron chi connectivity index (χ2n) is 5.72. The topological polar surface area (TPSA) is 66.8 Å². The first-order chi connectivity index (χ1) is 9.38. The van der Waals surface area contributed by atoms with Crippen LogP contribution in [0.1, 0.15) is 50.7 Å². The number of hydrogen-bond donors (Lipinski definition) is 2. The Bertz CT molecular complexity index is 497. The van der Waals surface area contributed by atoms with Crippen molar-refractivity contribution in [3.05, 3.63) is 35.4 Å². The third kappa shape index (κ3) is 2.45. The number of aliphatic hydroxyl groups is 1. The molecular formula is C16H22O4. The van der Waals surface area contributed by atoms with Crippen LogP contribution in [0, 0.1) is 0 Å². The molecule has 2 N–H and O–H groups in total. The fourth-order valence-corrected chi connectivity index (χ4v) is 2.82. The van der Waals surface area contributed by atoms with E-state index in [9.17, 15) is 15.0 Å². The molecule has 0 bridgehead atoms. The van der Waals surface area contributed by atoms with E-state index in [0.29, 0.717) is 12.3 Å². The highest BCUT2D eigenvalue weighted by Gasteiger charge is 2.47. The highest BCUT2D eigenvalue weighted by Crippen LogP contribution is 2.44. The van der Waals surface area contributed by atoms with E-state index in [4.69, 9.17) is 4.74 Å². The van der Waals surface area contributed by atoms with Crippen LogP contribution in [-0.2, 0) is 15.1 Å². The van der Waals surface area contributed by atoms with Crippen LogP contribution in [0.5, 0.6) is 0 Å². The lowest BCUT2D eigenvalue weighted by molar-refractivity contribution is -0.186. The van der Waals surface area contributed by atoms with Crippen LogP contribution >= 0.6 is 0 Å². The summed E-state index contributed by atoms with van der Waals surface area (Å²) in [5, 5.41) is 19.4. The van der Waals surface area contributed by atoms with Crippen LogP contribution in [0.2, 0.25) is 0 Å². The summed E-state index contributed by atoms with van der Waals surface area (Å²) in [5.74, 6) is -0.659. The second-order valence-corrected chi connectivity index (χ2v) is 5.72. The molecule has 0 aromatic heterocycles. The van der Waals surface area contributed by atoms with Crippen LogP contribution in [0.4, 0.5) is 0 Å². The van der Waals surface area contributed by atoms with Crippen LogP contribution in [-0.4, -0.2) is 28.4 Å². The molecule has 0 spiro atoms. The Morgan fingerprint density at radius 1 is 1.40 bits per heavy atom. The lowest BCUT2D eigenvalue weighted by Crippen LogP contribution is -2.46. The summed E-state index contributed by atoms with van der Waals surface area (Å²) in [5.41, 5.74) is 0.400. The molecule has 0 amide bonds. The van der Waals surface area contributed by atoms with Gasteiger partial charge in [-0.1, -0.05) is 31.2 Å². The molecule has 4 atom stereocenters. The highest BCUT2D eigenvalue weighted by molar-refractivity contribution is 5.80. The van der Waals surface area contributed by atoms with E-state index < -0.39 is 23.8 Å². The molecule has 0 saturated heterocycles. The molecule has 0 saturated carbocycles. The lowest BCUT2D eigenvalue weighted by atomic mass is 9.74. The fourth-order valence-electron chi connectivity index (χ4n) is 2.82. The van der Waals surface area contributed by atoms with Gasteiger partial charge in [-0.05, 0) is 43.7 Å². The van der Waals surface area contributed by atoms with Gasteiger partial charge in [-0.25, -0.2) is 4.79 Å². The zero-order valence-electron chi connectivity index (χ0n) is 12.2. The largest absolute Gasteiger partial charge is 0.479 e. The lowest BCUT2D eigenvalue weighted by Gasteiger charge is -2.40. The van der Waals surface area contributed by atoms with E-state index in [0.717, 1.165) is 17.5 Å². The maximum absolute atomic E-state index is 11.9. The van der Waals surface area contributed by atoms with Gasteiger partial charge in [-0.15, -0.1) is 0 Å². The first kappa shape index (κ1) is 15.0. The minimum absolute atomic E-state index is 0.323. The number of aliphatic hydroxyl groups excluding tert-OH is 1. The highest BCUT2D eigenvalue weighted by atomic mass is 16.5. The SMILES string of the molecule is CC1CCC(OC(C)C(C)O)(C(=O)O)c2ccccc21. The molecule has 0 fully saturated rings. The van der Waals surface area contributed by atoms with Crippen LogP contribution in [0.15, 0.2) is 24.3 Å². The Labute approximate surface area is 119 Å². The molecule has 1 aromatic carbocycles. The van der Waals surface area contributed by atoms with Crippen molar-refractivity contribution in [2.24, 2.45) is 0 Å². The summed E-state index contributed by atoms with van der Waals surface area (Å²) < 4.78 is 5.83. The third-order valence-corrected chi connectivity index (χ3v) is 4.27. The van der Waals surface area contributed by atoms with E-state index in [1.54, 1.807) is 13.8 Å². The van der Waals surface area contributed by atoms with Crippen molar-refractivity contribution in [3.63, 3.8) is 0 Å². The van der Waals surface area contributed by atoms with Gasteiger partial charge >= 0.3 is 5.97 Å². The molecule has 20 heavy (non-hydrogen) atoms. The average Bonchev–Trinajstić information content (AvgIpc) is 2.42. The van der Waals surface area contributed by atoms with Crippen LogP contribution < -0.4 is 0 Å². The quantitative estimate of drug-likeness (QED) is 0.888. The van der Waals surface area contributed by atoms with Crippen LogP contribution in [0.3, 0.4) is 0 Å². The van der Waals surface area contributed by atoms with E-state index in [-0.39, 0.29) is 0 Å². The van der Waals surface area contributed by atoms with Gasteiger partial charge < -0.3 is 14.9 Å². The fraction of sp³-hybridized carbons (Fsp3) is 0.562. The first-order valence-corrected chi connectivity index (χ1v) is 7.07. The molecule has 1 aliphatic carbocycles. The molecule has 1 aromatic rings. The van der Waals surface area contributed by atoms with Gasteiger partial charge in [0.25, 0.3) is 0 Å². The molecule has 4 unspecified atom stereocenters. The number of carbonyl (C=O) groups is 1. The number of carboxylic acid groups (broad SMARTS) is 1. The minimum Gasteiger partial charge on any atom is -0.479 e. The number of carboxylic acids is 1. The standard InChI is InChI=1S/C16H22O4/c1-10-8-9-16(15(18)19,20-12(3)11(2)17)14-7-5-4-6-13(10)14/h4-7,10-12,17H,8-9H2,1-3H3,(H,18,19). The zero-order chi connectivity index (χ0) is 14.9. The smallest absolute Gasteiger partial charge is 0.340 e. The number of hydrogen-bond acceptors (Lipinski definition) is 3. The number of rotatable bonds is 4. The summed E-state index contributed by atoms with van der Waals surface area (Å²) in [6, 6.07) is 7.55. The van der Waals surface area contributed by atoms with Gasteiger partial charge in [0, 0.05) is 0 Å². The zero-order valence-corrected chi connectivity index (χ0v) is 12.2. The van der Waals surface area contributed by atoms with Crippen molar-refractivity contribution in [3.8, 4) is 0 Å². The van der Waals surface area contributed by atoms with E-state index in [1.165, 1.54) is 0 Å². The maximum atomic E-state index is 11.9. The Morgan fingerprint density at radius 2 is 2.05 bits per heavy atom. The van der Waals surface area contributed by atoms with E-state index in [2.05, 4.69) is 6.92 Å². The normalized spacial score (nSPS) is 28.5. The van der Waals surface area contributed by atoms with Crippen molar-refractivity contribution >= 4 is 5.97 Å². The second kappa shape index (κ2) is 5.54. The molecule has 4 heteroatoms. The van der Waals surface area contributed by atoms with Crippen molar-refractivity contribution in [1.29, 1.82) is 0 Å². The summed E-state index contributed by atoms with van der Waals surface area (Å²) in [7, 11) is 0. The van der Waals surface area contributed by atoms with Gasteiger partial charge in [0.1, 0.15) is 0 Å². The summed E-state index contributed by atoms with van der Waals surface area (Å²) in [4.78, 5) is 11.9. The van der Waals surface area contributed by atoms with Crippen molar-refractivity contribution in [2.75, 3.05) is 0 Å². The number of benzene rings is 1. The molecule has 4 nitrogen and oxygen atoms in total. The van der Waals surface area contributed by atoms with Gasteiger partial charge in [0.2, 0.25) is 0 Å². The minimum atomic E-state index is -1.35. The van der Waals surface area contributed by atoms with Gasteiger partial charge in [-0.2, -0.15) is 0 Å². The summed E-state index contributed by atoms with van der Waals surface area (Å²) in [6.07, 6.45) is -0.0572. The van der Waals surface area contributed by atoms with Gasteiger partial charge in [0.05, 0.1) is 12.2 Å². The van der Waals surface area contributed by atoms with Crippen LogP contribution in [0.25, 0.3) is 0 Å². The molecule has 1 aliphatic rings. The van der Waals surface area contributed by atoms with Crippen molar-refractivity contribution in [2.45, 2.75) is 57.3 Å².